The molecule has 30 heavy (non-hydrogen) atoms. The predicted octanol–water partition coefficient (Wildman–Crippen LogP) is 6.06. The molecule has 6 nitrogen and oxygen atoms in total. The van der Waals surface area contributed by atoms with Crippen LogP contribution in [0.5, 0.6) is 0 Å². The van der Waals surface area contributed by atoms with Gasteiger partial charge < -0.3 is 9.80 Å². The fraction of sp³-hybridized carbons (Fsp3) is 0.364. The maximum atomic E-state index is 11.6. The zero-order valence-electron chi connectivity index (χ0n) is 16.5. The Morgan fingerprint density at radius 2 is 1.03 bits per heavy atom. The number of halogens is 2. The molecule has 0 saturated carbocycles. The Morgan fingerprint density at radius 3 is 1.37 bits per heavy atom. The normalized spacial score (nSPS) is 16.6. The molecule has 2 fully saturated rings. The highest BCUT2D eigenvalue weighted by Crippen LogP contribution is 2.37. The number of carbonyl (C=O) groups is 2. The van der Waals surface area contributed by atoms with Crippen molar-refractivity contribution in [1.82, 2.24) is 0 Å². The van der Waals surface area contributed by atoms with E-state index in [4.69, 9.17) is 23.2 Å². The third-order valence-electron chi connectivity index (χ3n) is 5.56. The summed E-state index contributed by atoms with van der Waals surface area (Å²) in [5, 5.41) is 8.05. The van der Waals surface area contributed by atoms with Crippen molar-refractivity contribution in [3.63, 3.8) is 0 Å². The molecule has 0 spiro atoms. The van der Waals surface area contributed by atoms with E-state index in [0.29, 0.717) is 22.5 Å². The highest BCUT2D eigenvalue weighted by Gasteiger charge is 2.20. The number of anilines is 2. The molecule has 0 bridgehead atoms. The van der Waals surface area contributed by atoms with Gasteiger partial charge in [-0.25, -0.2) is 0 Å². The van der Waals surface area contributed by atoms with Crippen molar-refractivity contribution in [2.75, 3.05) is 36.0 Å². The molecule has 0 radical (unpaired) electrons. The van der Waals surface area contributed by atoms with Crippen LogP contribution in [-0.2, 0) is 0 Å². The number of carbonyl (C=O) groups excluding carboxylic acids is 2. The van der Waals surface area contributed by atoms with E-state index in [0.717, 1.165) is 63.2 Å². The highest BCUT2D eigenvalue weighted by atomic mass is 35.5. The Hall–Kier alpha value is -2.44. The molecule has 2 aliphatic heterocycles. The molecule has 2 aromatic carbocycles. The van der Waals surface area contributed by atoms with Crippen molar-refractivity contribution in [2.45, 2.75) is 25.7 Å². The minimum absolute atomic E-state index is 0.445. The zero-order valence-corrected chi connectivity index (χ0v) is 18.0. The molecule has 0 aliphatic carbocycles. The molecule has 2 aromatic rings. The molecule has 156 valence electrons. The molecule has 2 saturated heterocycles. The van der Waals surface area contributed by atoms with Crippen LogP contribution in [-0.4, -0.2) is 36.7 Å². The second kappa shape index (κ2) is 9.14. The summed E-state index contributed by atoms with van der Waals surface area (Å²) in [7, 11) is 0. The average Bonchev–Trinajstić information content (AvgIpc) is 3.46. The Morgan fingerprint density at radius 1 is 0.667 bits per heavy atom. The number of hydrogen-bond acceptors (Lipinski definition) is 6. The lowest BCUT2D eigenvalue weighted by Crippen LogP contribution is -2.18. The molecule has 8 heteroatoms. The van der Waals surface area contributed by atoms with Gasteiger partial charge in [0.15, 0.2) is 0 Å². The van der Waals surface area contributed by atoms with Crippen molar-refractivity contribution >= 4 is 56.4 Å². The average molecular weight is 445 g/mol. The summed E-state index contributed by atoms with van der Waals surface area (Å²) in [4.78, 5) is 27.7. The summed E-state index contributed by atoms with van der Waals surface area (Å²) in [6.07, 6.45) is 4.40. The molecular weight excluding hydrogens is 423 g/mol. The van der Waals surface area contributed by atoms with Crippen LogP contribution in [0.3, 0.4) is 0 Å². The van der Waals surface area contributed by atoms with Crippen LogP contribution in [0, 0.1) is 0 Å². The molecule has 2 heterocycles. The molecule has 0 aromatic heterocycles. The number of hydrogen-bond donors (Lipinski definition) is 0. The number of benzene rings is 2. The van der Waals surface area contributed by atoms with E-state index >= 15 is 0 Å². The lowest BCUT2D eigenvalue weighted by atomic mass is 10.1. The third kappa shape index (κ3) is 4.50. The summed E-state index contributed by atoms with van der Waals surface area (Å²) < 4.78 is 0. The molecule has 2 aliphatic rings. The second-order valence-electron chi connectivity index (χ2n) is 7.54. The van der Waals surface area contributed by atoms with Gasteiger partial charge in [0, 0.05) is 37.3 Å². The first-order chi connectivity index (χ1) is 14.5. The summed E-state index contributed by atoms with van der Waals surface area (Å²) in [5.74, 6) is 0. The van der Waals surface area contributed by atoms with E-state index in [1.165, 1.54) is 0 Å². The largest absolute Gasteiger partial charge is 0.370 e. The minimum Gasteiger partial charge on any atom is -0.370 e. The topological polar surface area (TPSA) is 65.3 Å². The van der Waals surface area contributed by atoms with E-state index in [1.54, 1.807) is 36.4 Å². The van der Waals surface area contributed by atoms with E-state index < -0.39 is 10.5 Å². The highest BCUT2D eigenvalue weighted by molar-refractivity contribution is 6.68. The summed E-state index contributed by atoms with van der Waals surface area (Å²) in [6, 6.07) is 10.5. The Labute approximate surface area is 185 Å². The van der Waals surface area contributed by atoms with Gasteiger partial charge in [-0.1, -0.05) is 0 Å². The van der Waals surface area contributed by atoms with Gasteiger partial charge >= 0.3 is 0 Å². The molecule has 0 unspecified atom stereocenters. The molecule has 0 amide bonds. The van der Waals surface area contributed by atoms with E-state index in [9.17, 15) is 9.59 Å². The maximum Gasteiger partial charge on any atom is 0.252 e. The predicted molar refractivity (Wildman–Crippen MR) is 120 cm³/mol. The standard InChI is InChI=1S/C22H22Cl2N4O2/c23-21(29)15-5-7-17(19(13-15)27-9-1-2-10-27)25-26-18-8-6-16(22(24)30)14-20(18)28-11-3-4-12-28/h5-8,13-14H,1-4,9-12H2. The minimum atomic E-state index is -0.489. The summed E-state index contributed by atoms with van der Waals surface area (Å²) >= 11 is 11.4. The Bertz CT molecular complexity index is 917. The smallest absolute Gasteiger partial charge is 0.252 e. The van der Waals surface area contributed by atoms with Crippen molar-refractivity contribution in [2.24, 2.45) is 10.2 Å². The van der Waals surface area contributed by atoms with Crippen LogP contribution in [0.25, 0.3) is 0 Å². The Kier molecular flexibility index (Phi) is 6.35. The zero-order chi connectivity index (χ0) is 21.1. The van der Waals surface area contributed by atoms with Crippen LogP contribution in [0.4, 0.5) is 22.7 Å². The van der Waals surface area contributed by atoms with E-state index in [1.807, 2.05) is 0 Å². The van der Waals surface area contributed by atoms with E-state index in [2.05, 4.69) is 20.0 Å². The molecular formula is C22H22Cl2N4O2. The maximum absolute atomic E-state index is 11.6. The monoisotopic (exact) mass is 444 g/mol. The van der Waals surface area contributed by atoms with Gasteiger partial charge in [0.2, 0.25) is 0 Å². The van der Waals surface area contributed by atoms with Gasteiger partial charge in [-0.2, -0.15) is 0 Å². The van der Waals surface area contributed by atoms with Crippen molar-refractivity contribution in [1.29, 1.82) is 0 Å². The van der Waals surface area contributed by atoms with Gasteiger partial charge in [-0.3, -0.25) is 9.59 Å². The van der Waals surface area contributed by atoms with Crippen molar-refractivity contribution in [3.05, 3.63) is 47.5 Å². The van der Waals surface area contributed by atoms with Crippen LogP contribution < -0.4 is 9.80 Å². The number of rotatable bonds is 6. The fourth-order valence-electron chi connectivity index (χ4n) is 3.99. The molecule has 0 N–H and O–H groups in total. The van der Waals surface area contributed by atoms with Crippen LogP contribution in [0.2, 0.25) is 0 Å². The van der Waals surface area contributed by atoms with Crippen molar-refractivity contribution < 1.29 is 9.59 Å². The first kappa shape index (κ1) is 20.8. The van der Waals surface area contributed by atoms with E-state index in [-0.39, 0.29) is 0 Å². The lowest BCUT2D eigenvalue weighted by Gasteiger charge is -2.21. The van der Waals surface area contributed by atoms with Gasteiger partial charge in [-0.05, 0) is 85.3 Å². The lowest BCUT2D eigenvalue weighted by molar-refractivity contribution is 0.107. The summed E-state index contributed by atoms with van der Waals surface area (Å²) in [6.45, 7) is 3.64. The molecule has 0 atom stereocenters. The van der Waals surface area contributed by atoms with Crippen LogP contribution in [0.1, 0.15) is 46.4 Å². The quantitative estimate of drug-likeness (QED) is 0.401. The fourth-order valence-corrected chi connectivity index (χ4v) is 4.23. The number of nitrogens with zero attached hydrogens (tertiary/aromatic N) is 4. The third-order valence-corrected chi connectivity index (χ3v) is 6.00. The summed E-state index contributed by atoms with van der Waals surface area (Å²) in [5.41, 5.74) is 3.98. The number of azo groups is 1. The van der Waals surface area contributed by atoms with Gasteiger partial charge in [0.05, 0.1) is 11.4 Å². The van der Waals surface area contributed by atoms with Gasteiger partial charge in [0.25, 0.3) is 10.5 Å². The van der Waals surface area contributed by atoms with Gasteiger partial charge in [-0.15, -0.1) is 10.2 Å². The first-order valence-corrected chi connectivity index (χ1v) is 10.9. The first-order valence-electron chi connectivity index (χ1n) is 10.1. The van der Waals surface area contributed by atoms with Crippen LogP contribution in [0.15, 0.2) is 46.6 Å². The van der Waals surface area contributed by atoms with Crippen molar-refractivity contribution in [3.8, 4) is 0 Å². The SMILES string of the molecule is O=C(Cl)c1ccc(N=Nc2ccc(C(=O)Cl)cc2N2CCCC2)c(N2CCCC2)c1. The van der Waals surface area contributed by atoms with Crippen LogP contribution >= 0.6 is 23.2 Å². The molecule has 4 rings (SSSR count). The van der Waals surface area contributed by atoms with Gasteiger partial charge in [0.1, 0.15) is 11.4 Å². The second-order valence-corrected chi connectivity index (χ2v) is 8.23. The Balaban J connectivity index is 1.71.